The van der Waals surface area contributed by atoms with E-state index in [1.54, 1.807) is 58.2 Å². The van der Waals surface area contributed by atoms with Gasteiger partial charge in [0.05, 0.1) is 22.5 Å². The Bertz CT molecular complexity index is 2870. The third-order valence-electron chi connectivity index (χ3n) is 13.3. The Morgan fingerprint density at radius 2 is 1.24 bits per heavy atom. The number of nitro groups is 2. The Morgan fingerprint density at radius 3 is 1.82 bits per heavy atom. The van der Waals surface area contributed by atoms with Crippen molar-refractivity contribution in [2.75, 3.05) is 31.6 Å². The average Bonchev–Trinajstić information content (AvgIpc) is 4.33. The van der Waals surface area contributed by atoms with E-state index in [-0.39, 0.29) is 100 Å². The molecule has 8 unspecified atom stereocenters. The molecule has 0 spiro atoms. The van der Waals surface area contributed by atoms with Gasteiger partial charge in [0.15, 0.2) is 11.9 Å². The van der Waals surface area contributed by atoms with E-state index in [4.69, 9.17) is 22.9 Å². The van der Waals surface area contributed by atoms with Crippen molar-refractivity contribution in [3.05, 3.63) is 74.5 Å². The summed E-state index contributed by atoms with van der Waals surface area (Å²) < 4.78 is 0. The van der Waals surface area contributed by atoms with Crippen LogP contribution in [-0.4, -0.2) is 164 Å². The number of anilines is 1. The summed E-state index contributed by atoms with van der Waals surface area (Å²) in [6, 6.07) is -0.724. The molecule has 0 bridgehead atoms. The van der Waals surface area contributed by atoms with Gasteiger partial charge >= 0.3 is 5.97 Å². The minimum absolute atomic E-state index is 0.00231. The van der Waals surface area contributed by atoms with Crippen LogP contribution in [0.4, 0.5) is 17.1 Å². The van der Waals surface area contributed by atoms with Crippen molar-refractivity contribution < 1.29 is 58.4 Å². The Hall–Kier alpha value is -9.16. The molecule has 18 N–H and O–H groups in total. The number of aromatic nitrogens is 1. The topological polar surface area (TPSA) is 495 Å². The predicted molar refractivity (Wildman–Crippen MR) is 305 cm³/mol. The van der Waals surface area contributed by atoms with Crippen molar-refractivity contribution in [1.82, 2.24) is 41.8 Å². The number of aliphatic carboxylic acids is 1. The van der Waals surface area contributed by atoms with Gasteiger partial charge in [0.1, 0.15) is 54.0 Å². The maximum atomic E-state index is 14.4. The highest BCUT2D eigenvalue weighted by Gasteiger charge is 2.40. The van der Waals surface area contributed by atoms with Crippen molar-refractivity contribution in [3.63, 3.8) is 0 Å². The number of hydrogen-bond donors (Lipinski definition) is 14. The van der Waals surface area contributed by atoms with Crippen molar-refractivity contribution in [3.8, 4) is 0 Å². The number of carbonyl (C=O) groups excluding carboxylic acids is 7. The minimum atomic E-state index is -1.71. The lowest BCUT2D eigenvalue weighted by Gasteiger charge is -2.30. The highest BCUT2D eigenvalue weighted by Crippen LogP contribution is 2.31. The number of fused-ring (bicyclic) bond motifs is 1. The molecule has 7 amide bonds. The molecule has 83 heavy (non-hydrogen) atoms. The Kier molecular flexibility index (Phi) is 25.4. The Morgan fingerprint density at radius 1 is 0.699 bits per heavy atom. The third-order valence-corrected chi connectivity index (χ3v) is 13.3. The van der Waals surface area contributed by atoms with Gasteiger partial charge in [-0.25, -0.2) is 4.79 Å². The van der Waals surface area contributed by atoms with Crippen LogP contribution in [0.1, 0.15) is 91.5 Å². The number of amides is 7. The summed E-state index contributed by atoms with van der Waals surface area (Å²) in [6.07, 6.45) is 2.35. The lowest BCUT2D eigenvalue weighted by molar-refractivity contribution is -0.393. The molecule has 1 saturated heterocycles. The molecule has 1 aliphatic heterocycles. The number of nitrogens with one attached hydrogen (secondary N) is 8. The van der Waals surface area contributed by atoms with Gasteiger partial charge in [0.25, 0.3) is 11.4 Å². The highest BCUT2D eigenvalue weighted by molar-refractivity contribution is 5.98. The Labute approximate surface area is 477 Å². The van der Waals surface area contributed by atoms with Gasteiger partial charge in [-0.2, -0.15) is 0 Å². The van der Waals surface area contributed by atoms with Gasteiger partial charge in [-0.15, -0.1) is 0 Å². The summed E-state index contributed by atoms with van der Waals surface area (Å²) in [5.74, 6) is -8.00. The number of carboxylic acid groups (broad SMARTS) is 1. The molecule has 1 aromatic heterocycles. The Balaban J connectivity index is 1.55. The number of nitrogens with two attached hydrogens (primary N) is 4. The number of non-ortho nitro benzene ring substituents is 1. The monoisotopic (exact) mass is 1160 g/mol. The molecular weight excluding hydrogens is 1090 g/mol. The number of aliphatic imine (C=N–C) groups is 2. The summed E-state index contributed by atoms with van der Waals surface area (Å²) in [6.45, 7) is 7.74. The summed E-state index contributed by atoms with van der Waals surface area (Å²) in [5.41, 5.74) is 21.7. The molecular formula is C52H77N17O14. The van der Waals surface area contributed by atoms with E-state index in [1.807, 2.05) is 0 Å². The number of aliphatic hydroxyl groups excluding tert-OH is 1. The molecule has 2 heterocycles. The molecule has 31 nitrogen and oxygen atoms in total. The lowest BCUT2D eigenvalue weighted by Crippen LogP contribution is -2.60. The van der Waals surface area contributed by atoms with Crippen LogP contribution in [0, 0.1) is 32.1 Å². The summed E-state index contributed by atoms with van der Waals surface area (Å²) in [5, 5.41) is 61.7. The van der Waals surface area contributed by atoms with Crippen molar-refractivity contribution >= 4 is 87.2 Å². The number of benzene rings is 2. The molecule has 31 heteroatoms. The molecule has 1 aliphatic rings. The largest absolute Gasteiger partial charge is 0.480 e. The lowest BCUT2D eigenvalue weighted by atomic mass is 10.00. The predicted octanol–water partition coefficient (Wildman–Crippen LogP) is -0.797. The number of para-hydroxylation sites is 1. The number of H-pyrrole nitrogens is 1. The number of hydrogen-bond acceptors (Lipinski definition) is 16. The highest BCUT2D eigenvalue weighted by atomic mass is 16.6. The zero-order valence-corrected chi connectivity index (χ0v) is 46.9. The second kappa shape index (κ2) is 31.7. The maximum Gasteiger partial charge on any atom is 0.328 e. The van der Waals surface area contributed by atoms with E-state index in [9.17, 15) is 68.8 Å². The van der Waals surface area contributed by atoms with Gasteiger partial charge in [0.2, 0.25) is 41.4 Å². The quantitative estimate of drug-likeness (QED) is 0.0117. The summed E-state index contributed by atoms with van der Waals surface area (Å²) >= 11 is 0. The number of carbonyl (C=O) groups is 8. The first kappa shape index (κ1) is 66.4. The van der Waals surface area contributed by atoms with Gasteiger partial charge in [-0.1, -0.05) is 45.9 Å². The smallest absolute Gasteiger partial charge is 0.328 e. The van der Waals surface area contributed by atoms with Crippen LogP contribution in [0.2, 0.25) is 0 Å². The first-order valence-corrected chi connectivity index (χ1v) is 27.0. The molecule has 0 radical (unpaired) electrons. The number of nitro benzene ring substituents is 2. The van der Waals surface area contributed by atoms with Gasteiger partial charge in [0, 0.05) is 49.2 Å². The van der Waals surface area contributed by atoms with Gasteiger partial charge in [-0.05, 0) is 87.8 Å². The van der Waals surface area contributed by atoms with Gasteiger partial charge in [-0.3, -0.25) is 63.8 Å². The zero-order chi connectivity index (χ0) is 61.7. The SMILES string of the molecule is CC(C)CC(NC(=O)C(C)NC(=O)C(CC(C)C)NC(=O)C1CCCN1C(=O)C(CCCN=C(N)N)Nc1ccc([N+](=O)[O-])cc1[N+](=O)[O-])C(=O)NC(Cc1c[nH]c2ccccc12)C(=O)NC(CCCN=C(N)N)C(=O)NC(CO)C(=O)O. The number of guanidine groups is 2. The summed E-state index contributed by atoms with van der Waals surface area (Å²) in [7, 11) is 0. The van der Waals surface area contributed by atoms with E-state index in [2.05, 4.69) is 52.2 Å². The fourth-order valence-electron chi connectivity index (χ4n) is 9.21. The van der Waals surface area contributed by atoms with Crippen LogP contribution >= 0.6 is 0 Å². The number of carboxylic acids is 1. The van der Waals surface area contributed by atoms with E-state index in [0.717, 1.165) is 18.2 Å². The normalized spacial score (nSPS) is 15.5. The van der Waals surface area contributed by atoms with Crippen molar-refractivity contribution in [1.29, 1.82) is 0 Å². The molecule has 3 aromatic rings. The minimum Gasteiger partial charge on any atom is -0.480 e. The van der Waals surface area contributed by atoms with Gasteiger partial charge < -0.3 is 80.2 Å². The molecule has 4 rings (SSSR count). The molecule has 8 atom stereocenters. The van der Waals surface area contributed by atoms with E-state index in [0.29, 0.717) is 22.9 Å². The fraction of sp³-hybridized carbons (Fsp3) is 0.538. The second-order valence-corrected chi connectivity index (χ2v) is 20.9. The van der Waals surface area contributed by atoms with E-state index >= 15 is 0 Å². The van der Waals surface area contributed by atoms with Crippen LogP contribution in [-0.2, 0) is 44.8 Å². The van der Waals surface area contributed by atoms with Crippen molar-refractivity contribution in [2.45, 2.75) is 141 Å². The third kappa shape index (κ3) is 20.4. The average molecular weight is 1160 g/mol. The van der Waals surface area contributed by atoms with Crippen LogP contribution in [0.5, 0.6) is 0 Å². The van der Waals surface area contributed by atoms with Crippen LogP contribution in [0.3, 0.4) is 0 Å². The van der Waals surface area contributed by atoms with E-state index < -0.39 is 123 Å². The molecule has 0 saturated carbocycles. The standard InChI is InChI=1S/C52H77N17O14/c1-27(2)21-37(65-48(76)41-15-10-20-67(41)49(77)36(14-9-19-58-52(55)56)61-34-17-16-31(68(80)81)24-42(34)69(82)83)45(73)60-29(5)43(71)63-38(22-28(3)4)46(74)64-39(23-30-25-59-33-12-7-6-11-32(30)33)47(75)62-35(13-8-18-57-51(53)54)44(72)66-40(26-70)50(78)79/h6-7,11-12,16-17,24-25,27-29,35-41,59,61,70H,8-10,13-15,18-23,26H2,1-5H3,(H,60,73)(H,62,75)(H,63,71)(H,64,74)(H,65,76)(H,66,72)(H,78,79)(H4,53,54,57)(H4,55,56,58). The number of nitrogens with zero attached hydrogens (tertiary/aromatic N) is 5. The molecule has 1 fully saturated rings. The number of likely N-dealkylation sites (tertiary alicyclic amines) is 1. The van der Waals surface area contributed by atoms with Crippen LogP contribution < -0.4 is 60.2 Å². The van der Waals surface area contributed by atoms with E-state index in [1.165, 1.54) is 11.8 Å². The molecule has 454 valence electrons. The first-order valence-electron chi connectivity index (χ1n) is 27.0. The molecule has 2 aromatic carbocycles. The maximum absolute atomic E-state index is 14.4. The van der Waals surface area contributed by atoms with Crippen LogP contribution in [0.25, 0.3) is 10.9 Å². The van der Waals surface area contributed by atoms with Crippen molar-refractivity contribution in [2.24, 2.45) is 44.8 Å². The number of aliphatic hydroxyl groups is 1. The number of rotatable bonds is 33. The second-order valence-electron chi connectivity index (χ2n) is 20.9. The zero-order valence-electron chi connectivity index (χ0n) is 46.9. The number of aromatic amines is 1. The fourth-order valence-corrected chi connectivity index (χ4v) is 9.21. The van der Waals surface area contributed by atoms with Crippen LogP contribution in [0.15, 0.2) is 58.6 Å². The summed E-state index contributed by atoms with van der Waals surface area (Å²) in [4.78, 5) is 145. The first-order chi connectivity index (χ1) is 39.2. The molecule has 0 aliphatic carbocycles.